The van der Waals surface area contributed by atoms with E-state index in [1.54, 1.807) is 12.1 Å². The molecule has 2 N–H and O–H groups in total. The van der Waals surface area contributed by atoms with Crippen LogP contribution >= 0.6 is 0 Å². The van der Waals surface area contributed by atoms with Gasteiger partial charge in [-0.15, -0.1) is 0 Å². The van der Waals surface area contributed by atoms with Crippen LogP contribution in [-0.4, -0.2) is 30.1 Å². The highest BCUT2D eigenvalue weighted by molar-refractivity contribution is 6.00. The van der Waals surface area contributed by atoms with Crippen LogP contribution in [0.3, 0.4) is 0 Å². The number of aliphatic hydroxyl groups is 1. The fourth-order valence-electron chi connectivity index (χ4n) is 3.22. The number of hydrogen-bond acceptors (Lipinski definition) is 4. The zero-order chi connectivity index (χ0) is 24.7. The quantitative estimate of drug-likeness (QED) is 0.366. The number of rotatable bonds is 7. The van der Waals surface area contributed by atoms with Crippen LogP contribution in [-0.2, 0) is 17.6 Å². The number of pyridine rings is 1. The van der Waals surface area contributed by atoms with Gasteiger partial charge in [-0.05, 0) is 47.0 Å². The lowest BCUT2D eigenvalue weighted by molar-refractivity contribution is -0.137. The molecule has 3 rings (SSSR count). The number of amides is 1. The standard InChI is InChI=1S/C26H24F3N3O2/c1-32(2)22-12-8-19(9-13-22)23(18-6-10-21(11-7-18)26(27,28)29)4-3-5-25(34)31-24-14-15-30-16-20(24)17-33/h3-16,33H,17H2,1-2H3,(H,30,31,34). The maximum Gasteiger partial charge on any atom is 0.416 e. The minimum absolute atomic E-state index is 0.270. The number of aromatic nitrogens is 1. The summed E-state index contributed by atoms with van der Waals surface area (Å²) in [6.45, 7) is -0.270. The molecule has 0 aliphatic rings. The first-order valence-electron chi connectivity index (χ1n) is 10.4. The van der Waals surface area contributed by atoms with Gasteiger partial charge >= 0.3 is 6.18 Å². The molecular formula is C26H24F3N3O2. The summed E-state index contributed by atoms with van der Waals surface area (Å²) in [4.78, 5) is 18.2. The van der Waals surface area contributed by atoms with E-state index < -0.39 is 17.6 Å². The molecule has 0 bridgehead atoms. The van der Waals surface area contributed by atoms with Gasteiger partial charge in [-0.25, -0.2) is 0 Å². The molecule has 0 saturated heterocycles. The van der Waals surface area contributed by atoms with Gasteiger partial charge in [0.15, 0.2) is 0 Å². The molecular weight excluding hydrogens is 443 g/mol. The molecule has 176 valence electrons. The van der Waals surface area contributed by atoms with Crippen LogP contribution in [0.1, 0.15) is 22.3 Å². The summed E-state index contributed by atoms with van der Waals surface area (Å²) in [7, 11) is 3.82. The first-order valence-corrected chi connectivity index (χ1v) is 10.4. The van der Waals surface area contributed by atoms with E-state index in [-0.39, 0.29) is 6.61 Å². The third kappa shape index (κ3) is 6.32. The summed E-state index contributed by atoms with van der Waals surface area (Å²) in [6, 6.07) is 14.0. The highest BCUT2D eigenvalue weighted by Gasteiger charge is 2.30. The molecule has 2 aromatic carbocycles. The Balaban J connectivity index is 1.90. The van der Waals surface area contributed by atoms with Crippen LogP contribution in [0.25, 0.3) is 5.57 Å². The fraction of sp³-hybridized carbons (Fsp3) is 0.154. The molecule has 3 aromatic rings. The van der Waals surface area contributed by atoms with Crippen LogP contribution in [0.4, 0.5) is 24.5 Å². The number of alkyl halides is 3. The van der Waals surface area contributed by atoms with E-state index in [2.05, 4.69) is 10.3 Å². The van der Waals surface area contributed by atoms with Crippen molar-refractivity contribution in [2.24, 2.45) is 0 Å². The second kappa shape index (κ2) is 10.8. The van der Waals surface area contributed by atoms with E-state index in [1.165, 1.54) is 36.7 Å². The summed E-state index contributed by atoms with van der Waals surface area (Å²) >= 11 is 0. The normalized spacial score (nSPS) is 12.1. The molecule has 0 aliphatic carbocycles. The number of aliphatic hydroxyl groups excluding tert-OH is 1. The lowest BCUT2D eigenvalue weighted by Gasteiger charge is -2.14. The highest BCUT2D eigenvalue weighted by Crippen LogP contribution is 2.32. The number of halogens is 3. The monoisotopic (exact) mass is 467 g/mol. The molecule has 34 heavy (non-hydrogen) atoms. The minimum atomic E-state index is -4.42. The van der Waals surface area contributed by atoms with Crippen LogP contribution in [0.15, 0.2) is 85.2 Å². The molecule has 5 nitrogen and oxygen atoms in total. The van der Waals surface area contributed by atoms with Crippen molar-refractivity contribution in [1.82, 2.24) is 4.98 Å². The second-order valence-corrected chi connectivity index (χ2v) is 7.64. The largest absolute Gasteiger partial charge is 0.416 e. The first-order chi connectivity index (χ1) is 16.2. The van der Waals surface area contributed by atoms with Gasteiger partial charge in [0.1, 0.15) is 0 Å². The number of nitrogens with zero attached hydrogens (tertiary/aromatic N) is 2. The average Bonchev–Trinajstić information content (AvgIpc) is 2.82. The van der Waals surface area contributed by atoms with E-state index in [1.807, 2.05) is 43.3 Å². The molecule has 0 aliphatic heterocycles. The Labute approximate surface area is 195 Å². The van der Waals surface area contributed by atoms with Crippen LogP contribution in [0.2, 0.25) is 0 Å². The Kier molecular flexibility index (Phi) is 7.86. The Morgan fingerprint density at radius 3 is 2.21 bits per heavy atom. The third-order valence-electron chi connectivity index (χ3n) is 5.06. The van der Waals surface area contributed by atoms with E-state index in [4.69, 9.17) is 0 Å². The van der Waals surface area contributed by atoms with E-state index in [9.17, 15) is 23.1 Å². The van der Waals surface area contributed by atoms with E-state index >= 15 is 0 Å². The Morgan fingerprint density at radius 2 is 1.65 bits per heavy atom. The Bertz CT molecular complexity index is 1180. The zero-order valence-corrected chi connectivity index (χ0v) is 18.7. The number of nitrogens with one attached hydrogen (secondary N) is 1. The van der Waals surface area contributed by atoms with E-state index in [0.29, 0.717) is 22.4 Å². The topological polar surface area (TPSA) is 65.5 Å². The number of allylic oxidation sites excluding steroid dienone is 2. The van der Waals surface area contributed by atoms with Crippen LogP contribution in [0, 0.1) is 0 Å². The summed E-state index contributed by atoms with van der Waals surface area (Å²) in [5.41, 5.74) is 3.18. The molecule has 1 aromatic heterocycles. The molecule has 1 amide bonds. The molecule has 0 fully saturated rings. The van der Waals surface area contributed by atoms with Crippen molar-refractivity contribution in [3.8, 4) is 0 Å². The van der Waals surface area contributed by atoms with Gasteiger partial charge in [-0.2, -0.15) is 13.2 Å². The molecule has 0 atom stereocenters. The Morgan fingerprint density at radius 1 is 1.03 bits per heavy atom. The van der Waals surface area contributed by atoms with Crippen molar-refractivity contribution < 1.29 is 23.1 Å². The average molecular weight is 467 g/mol. The summed E-state index contributed by atoms with van der Waals surface area (Å²) in [5.74, 6) is -0.424. The van der Waals surface area contributed by atoms with Crippen LogP contribution in [0.5, 0.6) is 0 Å². The SMILES string of the molecule is CN(C)c1ccc(C(=CC=CC(=O)Nc2ccncc2CO)c2ccc(C(F)(F)F)cc2)cc1. The van der Waals surface area contributed by atoms with Crippen molar-refractivity contribution in [2.75, 3.05) is 24.3 Å². The molecule has 8 heteroatoms. The zero-order valence-electron chi connectivity index (χ0n) is 18.7. The maximum atomic E-state index is 13.0. The predicted octanol–water partition coefficient (Wildman–Crippen LogP) is 5.29. The van der Waals surface area contributed by atoms with Crippen molar-refractivity contribution in [3.05, 3.63) is 107 Å². The van der Waals surface area contributed by atoms with Gasteiger partial charge < -0.3 is 15.3 Å². The number of hydrogen-bond donors (Lipinski definition) is 2. The second-order valence-electron chi connectivity index (χ2n) is 7.64. The van der Waals surface area contributed by atoms with Gasteiger partial charge in [0.25, 0.3) is 0 Å². The van der Waals surface area contributed by atoms with Crippen LogP contribution < -0.4 is 10.2 Å². The first kappa shape index (κ1) is 24.7. The molecule has 1 heterocycles. The minimum Gasteiger partial charge on any atom is -0.392 e. The van der Waals surface area contributed by atoms with Crippen molar-refractivity contribution in [3.63, 3.8) is 0 Å². The number of benzene rings is 2. The maximum absolute atomic E-state index is 13.0. The third-order valence-corrected chi connectivity index (χ3v) is 5.06. The summed E-state index contributed by atoms with van der Waals surface area (Å²) in [5, 5.41) is 12.0. The van der Waals surface area contributed by atoms with Crippen molar-refractivity contribution in [2.45, 2.75) is 12.8 Å². The van der Waals surface area contributed by atoms with Gasteiger partial charge in [-0.3, -0.25) is 9.78 Å². The lowest BCUT2D eigenvalue weighted by Crippen LogP contribution is -2.10. The van der Waals surface area contributed by atoms with Crippen molar-refractivity contribution in [1.29, 1.82) is 0 Å². The van der Waals surface area contributed by atoms with Gasteiger partial charge in [0, 0.05) is 49.5 Å². The fourth-order valence-corrected chi connectivity index (χ4v) is 3.22. The number of anilines is 2. The molecule has 0 spiro atoms. The highest BCUT2D eigenvalue weighted by atomic mass is 19.4. The summed E-state index contributed by atoms with van der Waals surface area (Å²) in [6.07, 6.45) is 3.04. The lowest BCUT2D eigenvalue weighted by atomic mass is 9.96. The van der Waals surface area contributed by atoms with E-state index in [0.717, 1.165) is 23.4 Å². The number of carbonyl (C=O) groups excluding carboxylic acids is 1. The Hall–Kier alpha value is -3.91. The molecule has 0 radical (unpaired) electrons. The van der Waals surface area contributed by atoms with Gasteiger partial charge in [-0.1, -0.05) is 36.4 Å². The van der Waals surface area contributed by atoms with Gasteiger partial charge in [0.05, 0.1) is 12.2 Å². The van der Waals surface area contributed by atoms with Crippen molar-refractivity contribution >= 4 is 22.9 Å². The van der Waals surface area contributed by atoms with Gasteiger partial charge in [0.2, 0.25) is 5.91 Å². The summed E-state index contributed by atoms with van der Waals surface area (Å²) < 4.78 is 39.0. The predicted molar refractivity (Wildman–Crippen MR) is 127 cm³/mol. The smallest absolute Gasteiger partial charge is 0.392 e. The number of carbonyl (C=O) groups is 1. The molecule has 0 saturated carbocycles. The molecule has 0 unspecified atom stereocenters.